The van der Waals surface area contributed by atoms with E-state index in [1.165, 1.54) is 23.3 Å². The van der Waals surface area contributed by atoms with Gasteiger partial charge < -0.3 is 45.8 Å². The summed E-state index contributed by atoms with van der Waals surface area (Å²) in [4.78, 5) is 60.1. The van der Waals surface area contributed by atoms with Gasteiger partial charge in [0.05, 0.1) is 28.5 Å². The number of aromatic hydroxyl groups is 1. The van der Waals surface area contributed by atoms with Gasteiger partial charge in [-0.05, 0) is 123 Å². The molecular weight excluding hydrogens is 918 g/mol. The van der Waals surface area contributed by atoms with Crippen molar-refractivity contribution in [2.24, 2.45) is 16.7 Å². The van der Waals surface area contributed by atoms with E-state index in [2.05, 4.69) is 46.8 Å². The molecule has 0 radical (unpaired) electrons. The van der Waals surface area contributed by atoms with Crippen LogP contribution in [0, 0.1) is 29.1 Å². The molecule has 4 aliphatic heterocycles. The number of piperazine rings is 1. The highest BCUT2D eigenvalue weighted by Crippen LogP contribution is 2.55. The molecule has 0 bridgehead atoms. The SMILES string of the molecule is C#Cc1ccc(CNC(=O)[C@@H]2C[C@@H](O)CN2C(=O)[C@@H](NC(=O)C2CCC3(CC2)CC(N2CCC(c4cnc(N5CCN6c7cc(-c8cccc(Cl)c8O)nnc7NC[C@@H]6C5)nc4)CC2)C3)C(C)(C)C)cc1. The molecule has 16 nitrogen and oxygen atoms in total. The zero-order chi connectivity index (χ0) is 49.6. The number of piperidine rings is 1. The Hall–Kier alpha value is -6.02. The molecule has 6 heterocycles. The average molecular weight is 985 g/mol. The lowest BCUT2D eigenvalue weighted by molar-refractivity contribution is -0.145. The fourth-order valence-electron chi connectivity index (χ4n) is 12.1. The first kappa shape index (κ1) is 48.6. The minimum absolute atomic E-state index is 0.00158. The molecule has 4 aromatic rings. The van der Waals surface area contributed by atoms with Crippen molar-refractivity contribution in [3.05, 3.63) is 82.6 Å². The molecule has 4 atom stereocenters. The summed E-state index contributed by atoms with van der Waals surface area (Å²) in [6.07, 6.45) is 17.0. The number of β-amino-alcohol motifs (C(OH)–C–C–N with tert-alkyl or cyclic N) is 1. The summed E-state index contributed by atoms with van der Waals surface area (Å²) in [6.45, 7) is 11.2. The number of hydrogen-bond acceptors (Lipinski definition) is 13. The number of fused-ring (bicyclic) bond motifs is 3. The number of hydrogen-bond donors (Lipinski definition) is 5. The summed E-state index contributed by atoms with van der Waals surface area (Å²) >= 11 is 6.20. The number of nitrogens with one attached hydrogen (secondary N) is 3. The largest absolute Gasteiger partial charge is 0.506 e. The number of halogens is 1. The summed E-state index contributed by atoms with van der Waals surface area (Å²) in [5.74, 6) is 3.56. The summed E-state index contributed by atoms with van der Waals surface area (Å²) < 4.78 is 0. The fraction of sp³-hybridized carbons (Fsp3) is 0.537. The van der Waals surface area contributed by atoms with Gasteiger partial charge in [-0.2, -0.15) is 0 Å². The van der Waals surface area contributed by atoms with Crippen LogP contribution in [-0.2, 0) is 20.9 Å². The number of phenolic OH excluding ortho intramolecular Hbond substituents is 1. The molecule has 0 unspecified atom stereocenters. The van der Waals surface area contributed by atoms with Crippen LogP contribution in [0.4, 0.5) is 17.5 Å². The number of likely N-dealkylation sites (tertiary alicyclic amines) is 2. The van der Waals surface area contributed by atoms with Gasteiger partial charge in [0.2, 0.25) is 23.7 Å². The second-order valence-corrected chi connectivity index (χ2v) is 22.4. The predicted molar refractivity (Wildman–Crippen MR) is 273 cm³/mol. The number of aliphatic hydroxyl groups excluding tert-OH is 1. The minimum Gasteiger partial charge on any atom is -0.506 e. The molecule has 71 heavy (non-hydrogen) atoms. The smallest absolute Gasteiger partial charge is 0.246 e. The molecule has 2 aromatic carbocycles. The molecule has 3 saturated heterocycles. The second kappa shape index (κ2) is 19.9. The van der Waals surface area contributed by atoms with Crippen molar-refractivity contribution in [3.63, 3.8) is 0 Å². The number of carbonyl (C=O) groups excluding carboxylic acids is 3. The standard InChI is InChI=1S/C54H66ClN11O5/c1-5-33-9-11-34(12-10-33)27-57-50(70)45-23-40(67)32-66(45)51(71)47(53(2,3)4)60-49(69)36-13-17-54(18-14-36)25-38(26-54)63-19-15-35(16-20-63)37-28-58-52(59-29-37)64-21-22-65-39(31-64)30-56-48-44(65)24-43(61-62-48)41-7-6-8-42(55)46(41)68/h1,6-12,24,28-29,35-36,38-40,45,47,67-68H,13-23,25-27,30-32H2,2-4H3,(H,56,62)(H,57,70)(H,60,69)/t36?,38?,39-,40-,45+,47-,54?/m1/s1. The molecule has 374 valence electrons. The molecule has 2 saturated carbocycles. The van der Waals surface area contributed by atoms with Crippen LogP contribution in [0.1, 0.15) is 101 Å². The second-order valence-electron chi connectivity index (χ2n) is 22.0. The van der Waals surface area contributed by atoms with E-state index in [1.54, 1.807) is 18.2 Å². The van der Waals surface area contributed by atoms with Crippen molar-refractivity contribution in [2.45, 2.75) is 121 Å². The van der Waals surface area contributed by atoms with E-state index in [-0.39, 0.29) is 65.4 Å². The van der Waals surface area contributed by atoms with Crippen LogP contribution >= 0.6 is 11.6 Å². The third-order valence-electron chi connectivity index (χ3n) is 16.4. The molecule has 17 heteroatoms. The van der Waals surface area contributed by atoms with E-state index in [9.17, 15) is 24.6 Å². The number of phenols is 1. The highest BCUT2D eigenvalue weighted by Gasteiger charge is 2.50. The number of carbonyl (C=O) groups is 3. The van der Waals surface area contributed by atoms with E-state index < -0.39 is 23.6 Å². The van der Waals surface area contributed by atoms with Gasteiger partial charge in [-0.25, -0.2) is 9.97 Å². The van der Waals surface area contributed by atoms with Crippen molar-refractivity contribution in [2.75, 3.05) is 60.9 Å². The molecule has 2 aromatic heterocycles. The zero-order valence-electron chi connectivity index (χ0n) is 41.0. The number of para-hydroxylation sites is 1. The Morgan fingerprint density at radius 3 is 2.38 bits per heavy atom. The van der Waals surface area contributed by atoms with Gasteiger partial charge in [0, 0.05) is 81.2 Å². The van der Waals surface area contributed by atoms with Crippen molar-refractivity contribution >= 4 is 46.8 Å². The number of aliphatic hydroxyl groups is 1. The van der Waals surface area contributed by atoms with E-state index in [4.69, 9.17) is 28.0 Å². The maximum atomic E-state index is 14.2. The van der Waals surface area contributed by atoms with Crippen LogP contribution < -0.4 is 25.8 Å². The molecule has 6 aliphatic rings. The Morgan fingerprint density at radius 2 is 1.68 bits per heavy atom. The van der Waals surface area contributed by atoms with Crippen LogP contribution in [0.15, 0.2) is 60.9 Å². The third-order valence-corrected chi connectivity index (χ3v) is 16.7. The lowest BCUT2D eigenvalue weighted by Gasteiger charge is -2.55. The molecular formula is C54H66ClN11O5. The highest BCUT2D eigenvalue weighted by molar-refractivity contribution is 6.32. The fourth-order valence-corrected chi connectivity index (χ4v) is 12.3. The number of terminal acetylenes is 1. The zero-order valence-corrected chi connectivity index (χ0v) is 41.7. The van der Waals surface area contributed by atoms with Crippen LogP contribution in [0.25, 0.3) is 11.3 Å². The number of aromatic nitrogens is 4. The Balaban J connectivity index is 0.668. The summed E-state index contributed by atoms with van der Waals surface area (Å²) in [5, 5.41) is 39.8. The van der Waals surface area contributed by atoms with Gasteiger partial charge in [0.1, 0.15) is 17.8 Å². The quantitative estimate of drug-likeness (QED) is 0.121. The average Bonchev–Trinajstić information content (AvgIpc) is 3.78. The number of benzene rings is 2. The normalized spacial score (nSPS) is 26.1. The van der Waals surface area contributed by atoms with Gasteiger partial charge in [0.25, 0.3) is 0 Å². The first-order valence-electron chi connectivity index (χ1n) is 25.4. The maximum Gasteiger partial charge on any atom is 0.246 e. The summed E-state index contributed by atoms with van der Waals surface area (Å²) in [7, 11) is 0. The van der Waals surface area contributed by atoms with Gasteiger partial charge in [-0.3, -0.25) is 14.4 Å². The van der Waals surface area contributed by atoms with Crippen molar-refractivity contribution in [1.29, 1.82) is 0 Å². The van der Waals surface area contributed by atoms with Crippen LogP contribution in [0.3, 0.4) is 0 Å². The van der Waals surface area contributed by atoms with Crippen molar-refractivity contribution in [1.82, 2.24) is 40.6 Å². The third kappa shape index (κ3) is 10.1. The van der Waals surface area contributed by atoms with E-state index in [0.717, 1.165) is 106 Å². The lowest BCUT2D eigenvalue weighted by Crippen LogP contribution is -2.59. The Morgan fingerprint density at radius 1 is 0.944 bits per heavy atom. The van der Waals surface area contributed by atoms with Crippen LogP contribution in [0.5, 0.6) is 5.75 Å². The summed E-state index contributed by atoms with van der Waals surface area (Å²) in [6, 6.07) is 13.6. The minimum atomic E-state index is -0.843. The van der Waals surface area contributed by atoms with Crippen molar-refractivity contribution in [3.8, 4) is 29.4 Å². The van der Waals surface area contributed by atoms with E-state index in [1.807, 2.05) is 63.5 Å². The number of amides is 3. The molecule has 1 spiro atoms. The molecule has 10 rings (SSSR count). The maximum absolute atomic E-state index is 14.2. The molecule has 5 fully saturated rings. The predicted octanol–water partition coefficient (Wildman–Crippen LogP) is 5.72. The van der Waals surface area contributed by atoms with Gasteiger partial charge in [-0.1, -0.05) is 56.5 Å². The molecule has 5 N–H and O–H groups in total. The number of rotatable bonds is 10. The van der Waals surface area contributed by atoms with Crippen molar-refractivity contribution < 1.29 is 24.6 Å². The monoisotopic (exact) mass is 983 g/mol. The Bertz CT molecular complexity index is 2650. The van der Waals surface area contributed by atoms with E-state index >= 15 is 0 Å². The topological polar surface area (TPSA) is 192 Å². The lowest BCUT2D eigenvalue weighted by atomic mass is 9.56. The van der Waals surface area contributed by atoms with Crippen LogP contribution in [-0.4, -0.2) is 134 Å². The molecule has 3 amide bonds. The molecule has 2 aliphatic carbocycles. The number of nitrogens with zero attached hydrogens (tertiary/aromatic N) is 8. The Kier molecular flexibility index (Phi) is 13.6. The van der Waals surface area contributed by atoms with Gasteiger partial charge in [0.15, 0.2) is 5.82 Å². The van der Waals surface area contributed by atoms with E-state index in [0.29, 0.717) is 23.2 Å². The first-order valence-corrected chi connectivity index (χ1v) is 25.8. The summed E-state index contributed by atoms with van der Waals surface area (Å²) in [5.41, 5.74) is 4.57. The van der Waals surface area contributed by atoms with Crippen LogP contribution in [0.2, 0.25) is 5.02 Å². The van der Waals surface area contributed by atoms with Gasteiger partial charge >= 0.3 is 0 Å². The van der Waals surface area contributed by atoms with Gasteiger partial charge in [-0.15, -0.1) is 16.6 Å². The Labute approximate surface area is 421 Å². The first-order chi connectivity index (χ1) is 34.1. The number of anilines is 3. The highest BCUT2D eigenvalue weighted by atomic mass is 35.5.